The lowest BCUT2D eigenvalue weighted by molar-refractivity contribution is -0.117. The molecule has 1 heterocycles. The zero-order chi connectivity index (χ0) is 16.4. The molecular formula is C18H17FN2O2. The van der Waals surface area contributed by atoms with E-state index in [0.717, 1.165) is 5.56 Å². The molecule has 1 saturated heterocycles. The lowest BCUT2D eigenvalue weighted by Crippen LogP contribution is -2.37. The Kier molecular flexibility index (Phi) is 4.10. The number of nitrogens with zero attached hydrogens (tertiary/aromatic N) is 1. The third-order valence-corrected chi connectivity index (χ3v) is 3.99. The smallest absolute Gasteiger partial charge is 0.251 e. The molecule has 0 unspecified atom stereocenters. The van der Waals surface area contributed by atoms with E-state index in [-0.39, 0.29) is 30.1 Å². The summed E-state index contributed by atoms with van der Waals surface area (Å²) in [6, 6.07) is 12.9. The van der Waals surface area contributed by atoms with Crippen LogP contribution in [0.1, 0.15) is 22.3 Å². The Labute approximate surface area is 133 Å². The first kappa shape index (κ1) is 15.2. The van der Waals surface area contributed by atoms with Gasteiger partial charge >= 0.3 is 0 Å². The van der Waals surface area contributed by atoms with E-state index in [0.29, 0.717) is 17.8 Å². The summed E-state index contributed by atoms with van der Waals surface area (Å²) in [5.74, 6) is -0.599. The van der Waals surface area contributed by atoms with E-state index in [2.05, 4.69) is 5.32 Å². The quantitative estimate of drug-likeness (QED) is 0.947. The van der Waals surface area contributed by atoms with Gasteiger partial charge in [0.05, 0.1) is 6.04 Å². The number of rotatable bonds is 3. The highest BCUT2D eigenvalue weighted by molar-refractivity contribution is 5.99. The highest BCUT2D eigenvalue weighted by Gasteiger charge is 2.31. The number of aryl methyl sites for hydroxylation is 1. The van der Waals surface area contributed by atoms with Crippen LogP contribution < -0.4 is 10.2 Å². The summed E-state index contributed by atoms with van der Waals surface area (Å²) >= 11 is 0. The molecule has 0 spiro atoms. The fraction of sp³-hybridized carbons (Fsp3) is 0.222. The predicted octanol–water partition coefficient (Wildman–Crippen LogP) is 2.67. The fourth-order valence-corrected chi connectivity index (χ4v) is 2.77. The van der Waals surface area contributed by atoms with E-state index in [1.54, 1.807) is 23.1 Å². The van der Waals surface area contributed by atoms with Gasteiger partial charge in [-0.25, -0.2) is 4.39 Å². The van der Waals surface area contributed by atoms with Crippen molar-refractivity contribution in [2.75, 3.05) is 11.4 Å². The molecule has 2 amide bonds. The molecular weight excluding hydrogens is 295 g/mol. The zero-order valence-corrected chi connectivity index (χ0v) is 12.8. The van der Waals surface area contributed by atoms with Crippen LogP contribution in [-0.4, -0.2) is 24.4 Å². The second-order valence-electron chi connectivity index (χ2n) is 5.67. The summed E-state index contributed by atoms with van der Waals surface area (Å²) < 4.78 is 13.0. The maximum atomic E-state index is 13.0. The summed E-state index contributed by atoms with van der Waals surface area (Å²) in [5.41, 5.74) is 2.15. The number of hydrogen-bond donors (Lipinski definition) is 1. The van der Waals surface area contributed by atoms with Gasteiger partial charge in [-0.2, -0.15) is 0 Å². The Morgan fingerprint density at radius 1 is 1.17 bits per heavy atom. The Morgan fingerprint density at radius 2 is 1.87 bits per heavy atom. The number of halogens is 1. The van der Waals surface area contributed by atoms with Crippen LogP contribution >= 0.6 is 0 Å². The molecule has 3 rings (SSSR count). The molecule has 0 aromatic heterocycles. The number of hydrogen-bond acceptors (Lipinski definition) is 2. The van der Waals surface area contributed by atoms with Gasteiger partial charge in [0.25, 0.3) is 5.91 Å². The molecule has 0 saturated carbocycles. The van der Waals surface area contributed by atoms with Crippen molar-refractivity contribution < 1.29 is 14.0 Å². The number of nitrogens with one attached hydrogen (secondary N) is 1. The predicted molar refractivity (Wildman–Crippen MR) is 85.8 cm³/mol. The van der Waals surface area contributed by atoms with Gasteiger partial charge in [0.1, 0.15) is 5.82 Å². The molecule has 1 N–H and O–H groups in total. The van der Waals surface area contributed by atoms with Crippen LogP contribution in [0.5, 0.6) is 0 Å². The van der Waals surface area contributed by atoms with Crippen LogP contribution in [0.2, 0.25) is 0 Å². The first-order chi connectivity index (χ1) is 11.0. The first-order valence-electron chi connectivity index (χ1n) is 7.47. The molecule has 2 aromatic carbocycles. The van der Waals surface area contributed by atoms with Crippen LogP contribution in [0.25, 0.3) is 0 Å². The largest absolute Gasteiger partial charge is 0.347 e. The number of benzene rings is 2. The Morgan fingerprint density at radius 3 is 2.57 bits per heavy atom. The molecule has 2 aromatic rings. The van der Waals surface area contributed by atoms with Gasteiger partial charge in [0.2, 0.25) is 5.91 Å². The molecule has 0 bridgehead atoms. The number of carbonyl (C=O) groups is 2. The number of carbonyl (C=O) groups excluding carboxylic acids is 2. The van der Waals surface area contributed by atoms with Crippen LogP contribution in [0.3, 0.4) is 0 Å². The molecule has 1 fully saturated rings. The van der Waals surface area contributed by atoms with Gasteiger partial charge in [-0.3, -0.25) is 9.59 Å². The van der Waals surface area contributed by atoms with E-state index in [4.69, 9.17) is 0 Å². The SMILES string of the molecule is Cc1ccccc1C(=O)N[C@H]1CC(=O)N(c2ccc(F)cc2)C1. The summed E-state index contributed by atoms with van der Waals surface area (Å²) in [7, 11) is 0. The highest BCUT2D eigenvalue weighted by atomic mass is 19.1. The Bertz CT molecular complexity index is 743. The Balaban J connectivity index is 1.69. The average molecular weight is 312 g/mol. The molecule has 1 aliphatic heterocycles. The highest BCUT2D eigenvalue weighted by Crippen LogP contribution is 2.22. The third-order valence-electron chi connectivity index (χ3n) is 3.99. The topological polar surface area (TPSA) is 49.4 Å². The van der Waals surface area contributed by atoms with E-state index in [1.807, 2.05) is 25.1 Å². The minimum atomic E-state index is -0.343. The molecule has 118 valence electrons. The van der Waals surface area contributed by atoms with Crippen molar-refractivity contribution in [2.24, 2.45) is 0 Å². The lowest BCUT2D eigenvalue weighted by atomic mass is 10.1. The van der Waals surface area contributed by atoms with Crippen molar-refractivity contribution in [1.29, 1.82) is 0 Å². The van der Waals surface area contributed by atoms with Gasteiger partial charge < -0.3 is 10.2 Å². The first-order valence-corrected chi connectivity index (χ1v) is 7.47. The van der Waals surface area contributed by atoms with Crippen molar-refractivity contribution in [1.82, 2.24) is 5.32 Å². The van der Waals surface area contributed by atoms with Crippen LogP contribution in [0.15, 0.2) is 48.5 Å². The minimum Gasteiger partial charge on any atom is -0.347 e. The number of anilines is 1. The lowest BCUT2D eigenvalue weighted by Gasteiger charge is -2.17. The standard InChI is InChI=1S/C18H17FN2O2/c1-12-4-2-3-5-16(12)18(23)20-14-10-17(22)21(11-14)15-8-6-13(19)7-9-15/h2-9,14H,10-11H2,1H3,(H,20,23)/t14-/m0/s1. The molecule has 0 radical (unpaired) electrons. The van der Waals surface area contributed by atoms with Gasteiger partial charge in [-0.15, -0.1) is 0 Å². The third kappa shape index (κ3) is 3.23. The molecule has 5 heteroatoms. The van der Waals surface area contributed by atoms with Crippen LogP contribution in [-0.2, 0) is 4.79 Å². The average Bonchev–Trinajstić information content (AvgIpc) is 2.89. The van der Waals surface area contributed by atoms with Crippen molar-refractivity contribution in [3.63, 3.8) is 0 Å². The van der Waals surface area contributed by atoms with Crippen LogP contribution in [0.4, 0.5) is 10.1 Å². The van der Waals surface area contributed by atoms with E-state index in [9.17, 15) is 14.0 Å². The van der Waals surface area contributed by atoms with Crippen molar-refractivity contribution in [3.05, 3.63) is 65.5 Å². The summed E-state index contributed by atoms with van der Waals surface area (Å²) in [6.45, 7) is 2.27. The van der Waals surface area contributed by atoms with Crippen molar-refractivity contribution in [2.45, 2.75) is 19.4 Å². The normalized spacial score (nSPS) is 17.4. The summed E-state index contributed by atoms with van der Waals surface area (Å²) in [4.78, 5) is 26.0. The fourth-order valence-electron chi connectivity index (χ4n) is 2.77. The molecule has 1 atom stereocenters. The summed E-state index contributed by atoms with van der Waals surface area (Å²) in [6.07, 6.45) is 0.245. The van der Waals surface area contributed by atoms with Gasteiger partial charge in [0.15, 0.2) is 0 Å². The number of amides is 2. The second-order valence-corrected chi connectivity index (χ2v) is 5.67. The molecule has 23 heavy (non-hydrogen) atoms. The molecule has 1 aliphatic rings. The van der Waals surface area contributed by atoms with Gasteiger partial charge in [0, 0.05) is 24.2 Å². The van der Waals surface area contributed by atoms with Gasteiger partial charge in [-0.1, -0.05) is 18.2 Å². The molecule has 4 nitrogen and oxygen atoms in total. The maximum absolute atomic E-state index is 13.0. The van der Waals surface area contributed by atoms with E-state index < -0.39 is 0 Å². The Hall–Kier alpha value is -2.69. The minimum absolute atomic E-state index is 0.0771. The maximum Gasteiger partial charge on any atom is 0.251 e. The molecule has 0 aliphatic carbocycles. The zero-order valence-electron chi connectivity index (χ0n) is 12.8. The van der Waals surface area contributed by atoms with Crippen molar-refractivity contribution in [3.8, 4) is 0 Å². The van der Waals surface area contributed by atoms with Crippen LogP contribution in [0, 0.1) is 12.7 Å². The monoisotopic (exact) mass is 312 g/mol. The van der Waals surface area contributed by atoms with Crippen molar-refractivity contribution >= 4 is 17.5 Å². The van der Waals surface area contributed by atoms with E-state index >= 15 is 0 Å². The van der Waals surface area contributed by atoms with Gasteiger partial charge in [-0.05, 0) is 42.8 Å². The summed E-state index contributed by atoms with van der Waals surface area (Å²) in [5, 5.41) is 2.90. The van der Waals surface area contributed by atoms with E-state index in [1.165, 1.54) is 12.1 Å². The second kappa shape index (κ2) is 6.20.